The summed E-state index contributed by atoms with van der Waals surface area (Å²) in [6.45, 7) is -0.529. The maximum absolute atomic E-state index is 12.3. The highest BCUT2D eigenvalue weighted by molar-refractivity contribution is 7.99. The van der Waals surface area contributed by atoms with Crippen molar-refractivity contribution < 1.29 is 22.7 Å². The number of carbonyl (C=O) groups is 2. The van der Waals surface area contributed by atoms with Crippen LogP contribution >= 0.6 is 11.8 Å². The number of nitrogens with two attached hydrogens (primary N) is 1. The number of carbonyl (C=O) groups excluding carboxylic acids is 2. The number of aryl methyl sites for hydroxylation is 1. The smallest absolute Gasteiger partial charge is 0.355 e. The molecular weight excluding hydrogens is 426 g/mol. The van der Waals surface area contributed by atoms with Crippen molar-refractivity contribution in [1.29, 1.82) is 0 Å². The van der Waals surface area contributed by atoms with Crippen LogP contribution in [0.3, 0.4) is 0 Å². The number of primary sulfonamides is 1. The number of esters is 1. The summed E-state index contributed by atoms with van der Waals surface area (Å²) in [4.78, 5) is 26.1. The molecule has 0 bridgehead atoms. The molecule has 30 heavy (non-hydrogen) atoms. The van der Waals surface area contributed by atoms with Crippen molar-refractivity contribution in [2.45, 2.75) is 14.7 Å². The average Bonchev–Trinajstić information content (AvgIpc) is 3.11. The monoisotopic (exact) mass is 445 g/mol. The van der Waals surface area contributed by atoms with Gasteiger partial charge in [-0.2, -0.15) is 0 Å². The van der Waals surface area contributed by atoms with Gasteiger partial charge in [0.15, 0.2) is 6.61 Å². The van der Waals surface area contributed by atoms with E-state index in [1.807, 2.05) is 42.5 Å². The number of nitrogens with one attached hydrogen (secondary N) is 1. The lowest BCUT2D eigenvalue weighted by Gasteiger charge is -2.11. The average molecular weight is 446 g/mol. The minimum atomic E-state index is -3.95. The third-order valence-corrected chi connectivity index (χ3v) is 5.95. The van der Waals surface area contributed by atoms with E-state index in [9.17, 15) is 18.0 Å². The Morgan fingerprint density at radius 2 is 1.77 bits per heavy atom. The van der Waals surface area contributed by atoms with Gasteiger partial charge < -0.3 is 14.6 Å². The summed E-state index contributed by atoms with van der Waals surface area (Å²) in [5.41, 5.74) is 0.551. The maximum Gasteiger partial charge on any atom is 0.355 e. The Morgan fingerprint density at radius 1 is 1.10 bits per heavy atom. The molecule has 3 rings (SSSR count). The van der Waals surface area contributed by atoms with Crippen molar-refractivity contribution in [3.63, 3.8) is 0 Å². The van der Waals surface area contributed by atoms with E-state index in [2.05, 4.69) is 5.32 Å². The molecule has 0 atom stereocenters. The Bertz CT molecular complexity index is 1170. The zero-order valence-electron chi connectivity index (χ0n) is 15.9. The van der Waals surface area contributed by atoms with Crippen molar-refractivity contribution in [2.75, 3.05) is 11.9 Å². The van der Waals surface area contributed by atoms with E-state index in [0.29, 0.717) is 5.69 Å². The van der Waals surface area contributed by atoms with Gasteiger partial charge in [-0.25, -0.2) is 18.4 Å². The van der Waals surface area contributed by atoms with Crippen molar-refractivity contribution >= 4 is 39.3 Å². The molecule has 1 heterocycles. The van der Waals surface area contributed by atoms with Gasteiger partial charge in [0.2, 0.25) is 10.0 Å². The van der Waals surface area contributed by atoms with Gasteiger partial charge >= 0.3 is 5.97 Å². The Morgan fingerprint density at radius 3 is 2.43 bits per heavy atom. The summed E-state index contributed by atoms with van der Waals surface area (Å²) >= 11 is 1.49. The number of hydrogen-bond donors (Lipinski definition) is 2. The van der Waals surface area contributed by atoms with Crippen molar-refractivity contribution in [3.05, 3.63) is 72.6 Å². The van der Waals surface area contributed by atoms with Crippen LogP contribution in [0, 0.1) is 0 Å². The van der Waals surface area contributed by atoms with Gasteiger partial charge in [-0.05, 0) is 30.3 Å². The minimum Gasteiger partial charge on any atom is -0.451 e. The molecule has 0 saturated carbocycles. The summed E-state index contributed by atoms with van der Waals surface area (Å²) in [6, 6.07) is 18.1. The number of para-hydroxylation sites is 1. The van der Waals surface area contributed by atoms with Gasteiger partial charge in [-0.3, -0.25) is 4.79 Å². The predicted octanol–water partition coefficient (Wildman–Crippen LogP) is 2.62. The molecule has 8 nitrogen and oxygen atoms in total. The first-order valence-electron chi connectivity index (χ1n) is 8.72. The largest absolute Gasteiger partial charge is 0.451 e. The number of anilines is 1. The molecule has 0 aliphatic carbocycles. The van der Waals surface area contributed by atoms with E-state index in [4.69, 9.17) is 9.88 Å². The van der Waals surface area contributed by atoms with Crippen molar-refractivity contribution in [3.8, 4) is 0 Å². The molecular formula is C20H19N3O5S2. The molecule has 0 unspecified atom stereocenters. The van der Waals surface area contributed by atoms with Crippen LogP contribution in [-0.2, 0) is 26.6 Å². The van der Waals surface area contributed by atoms with E-state index in [1.54, 1.807) is 12.1 Å². The Hall–Kier alpha value is -3.08. The number of hydrogen-bond acceptors (Lipinski definition) is 6. The van der Waals surface area contributed by atoms with Gasteiger partial charge in [-0.1, -0.05) is 42.1 Å². The number of ether oxygens (including phenoxy) is 1. The molecule has 3 aromatic rings. The first-order chi connectivity index (χ1) is 14.2. The first-order valence-corrected chi connectivity index (χ1v) is 11.1. The summed E-state index contributed by atoms with van der Waals surface area (Å²) < 4.78 is 29.1. The molecule has 2 aromatic carbocycles. The Kier molecular flexibility index (Phi) is 6.60. The molecule has 0 radical (unpaired) electrons. The van der Waals surface area contributed by atoms with Crippen LogP contribution in [0.2, 0.25) is 0 Å². The third kappa shape index (κ3) is 5.50. The third-order valence-electron chi connectivity index (χ3n) is 3.98. The molecule has 1 aromatic heterocycles. The van der Waals surface area contributed by atoms with Gasteiger partial charge in [0.25, 0.3) is 5.91 Å². The molecule has 0 spiro atoms. The van der Waals surface area contributed by atoms with Crippen LogP contribution < -0.4 is 10.5 Å². The van der Waals surface area contributed by atoms with Crippen LogP contribution in [0.1, 0.15) is 10.5 Å². The number of aromatic nitrogens is 1. The van der Waals surface area contributed by atoms with Gasteiger partial charge in [0, 0.05) is 23.0 Å². The quantitative estimate of drug-likeness (QED) is 0.540. The lowest BCUT2D eigenvalue weighted by molar-refractivity contribution is -0.119. The fourth-order valence-electron chi connectivity index (χ4n) is 2.56. The number of nitrogens with zero attached hydrogens (tertiary/aromatic N) is 1. The molecule has 10 heteroatoms. The van der Waals surface area contributed by atoms with Crippen LogP contribution in [0.15, 0.2) is 81.5 Å². The second-order valence-corrected chi connectivity index (χ2v) is 8.93. The number of benzene rings is 2. The molecule has 156 valence electrons. The van der Waals surface area contributed by atoms with Crippen LogP contribution in [-0.4, -0.2) is 31.5 Å². The topological polar surface area (TPSA) is 120 Å². The van der Waals surface area contributed by atoms with Crippen LogP contribution in [0.4, 0.5) is 5.69 Å². The second-order valence-electron chi connectivity index (χ2n) is 6.25. The molecule has 0 fully saturated rings. The molecule has 3 N–H and O–H groups in total. The molecule has 1 amide bonds. The summed E-state index contributed by atoms with van der Waals surface area (Å²) in [7, 11) is -2.48. The predicted molar refractivity (Wildman–Crippen MR) is 113 cm³/mol. The SMILES string of the molecule is Cn1cc(S(N)(=O)=O)cc1C(=O)OCC(=O)Nc1ccccc1Sc1ccccc1. The van der Waals surface area contributed by atoms with Crippen LogP contribution in [0.25, 0.3) is 0 Å². The number of sulfonamides is 1. The highest BCUT2D eigenvalue weighted by Gasteiger charge is 2.19. The summed E-state index contributed by atoms with van der Waals surface area (Å²) in [5, 5.41) is 7.78. The number of rotatable bonds is 7. The van der Waals surface area contributed by atoms with E-state index in [0.717, 1.165) is 15.9 Å². The first kappa shape index (κ1) is 21.6. The van der Waals surface area contributed by atoms with E-state index in [1.165, 1.54) is 29.6 Å². The van der Waals surface area contributed by atoms with E-state index >= 15 is 0 Å². The molecule has 0 aliphatic rings. The summed E-state index contributed by atoms with van der Waals surface area (Å²) in [5.74, 6) is -1.36. The van der Waals surface area contributed by atoms with Gasteiger partial charge in [0.05, 0.1) is 5.69 Å². The molecule has 0 aliphatic heterocycles. The van der Waals surface area contributed by atoms with Gasteiger partial charge in [0.1, 0.15) is 10.6 Å². The summed E-state index contributed by atoms with van der Waals surface area (Å²) in [6.07, 6.45) is 1.20. The van der Waals surface area contributed by atoms with Crippen molar-refractivity contribution in [1.82, 2.24) is 4.57 Å². The van der Waals surface area contributed by atoms with E-state index < -0.39 is 28.5 Å². The van der Waals surface area contributed by atoms with Crippen LogP contribution in [0.5, 0.6) is 0 Å². The lowest BCUT2D eigenvalue weighted by Crippen LogP contribution is -2.22. The highest BCUT2D eigenvalue weighted by Crippen LogP contribution is 2.33. The normalized spacial score (nSPS) is 11.1. The fourth-order valence-corrected chi connectivity index (χ4v) is 4.06. The Labute approximate surface area is 178 Å². The second kappa shape index (κ2) is 9.16. The highest BCUT2D eigenvalue weighted by atomic mass is 32.2. The minimum absolute atomic E-state index is 0.0353. The zero-order valence-corrected chi connectivity index (χ0v) is 17.6. The lowest BCUT2D eigenvalue weighted by atomic mass is 10.3. The number of amides is 1. The van der Waals surface area contributed by atoms with Gasteiger partial charge in [-0.15, -0.1) is 0 Å². The maximum atomic E-state index is 12.3. The zero-order chi connectivity index (χ0) is 21.7. The van der Waals surface area contributed by atoms with Crippen molar-refractivity contribution in [2.24, 2.45) is 12.2 Å². The Balaban J connectivity index is 1.63. The fraction of sp³-hybridized carbons (Fsp3) is 0.100. The standard InChI is InChI=1S/C20H19N3O5S2/c1-23-12-15(30(21,26)27)11-17(23)20(25)28-13-19(24)22-16-9-5-6-10-18(16)29-14-7-3-2-4-8-14/h2-12H,13H2,1H3,(H,22,24)(H2,21,26,27). The molecule has 0 saturated heterocycles. The van der Waals surface area contributed by atoms with E-state index in [-0.39, 0.29) is 10.6 Å².